The van der Waals surface area contributed by atoms with Crippen LogP contribution in [0.15, 0.2) is 17.5 Å². The maximum atomic E-state index is 11.4. The SMILES string of the molecule is CNC(=O)C[NH2+]CC(=O)NCCc1cccs1. The lowest BCUT2D eigenvalue weighted by atomic mass is 10.3. The molecule has 17 heavy (non-hydrogen) atoms. The minimum atomic E-state index is -0.0728. The van der Waals surface area contributed by atoms with E-state index in [2.05, 4.69) is 16.7 Å². The Bertz CT molecular complexity index is 352. The van der Waals surface area contributed by atoms with Crippen molar-refractivity contribution in [1.82, 2.24) is 10.6 Å². The fourth-order valence-corrected chi connectivity index (χ4v) is 2.00. The molecule has 2 amide bonds. The first-order valence-corrected chi connectivity index (χ1v) is 6.41. The van der Waals surface area contributed by atoms with Crippen LogP contribution in [0, 0.1) is 0 Å². The Morgan fingerprint density at radius 1 is 1.35 bits per heavy atom. The molecule has 1 heterocycles. The summed E-state index contributed by atoms with van der Waals surface area (Å²) in [5.74, 6) is -0.109. The lowest BCUT2D eigenvalue weighted by Crippen LogP contribution is -2.88. The van der Waals surface area contributed by atoms with Gasteiger partial charge in [-0.15, -0.1) is 11.3 Å². The highest BCUT2D eigenvalue weighted by Crippen LogP contribution is 2.07. The molecule has 5 nitrogen and oxygen atoms in total. The molecule has 0 aliphatic rings. The molecule has 94 valence electrons. The van der Waals surface area contributed by atoms with E-state index in [1.807, 2.05) is 11.4 Å². The standard InChI is InChI=1S/C11H17N3O2S/c1-12-10(15)7-13-8-11(16)14-5-4-9-3-2-6-17-9/h2-3,6,13H,4-5,7-8H2,1H3,(H,12,15)(H,14,16)/p+1. The first kappa shape index (κ1) is 13.7. The predicted molar refractivity (Wildman–Crippen MR) is 66.8 cm³/mol. The second-order valence-corrected chi connectivity index (χ2v) is 4.58. The highest BCUT2D eigenvalue weighted by Gasteiger charge is 2.05. The highest BCUT2D eigenvalue weighted by atomic mass is 32.1. The molecule has 0 bridgehead atoms. The molecule has 6 heteroatoms. The monoisotopic (exact) mass is 256 g/mol. The summed E-state index contributed by atoms with van der Waals surface area (Å²) in [6, 6.07) is 4.05. The van der Waals surface area contributed by atoms with Crippen LogP contribution in [0.2, 0.25) is 0 Å². The molecular weight excluding hydrogens is 238 g/mol. The third kappa shape index (κ3) is 6.03. The zero-order chi connectivity index (χ0) is 12.5. The Labute approximate surface area is 105 Å². The molecule has 0 saturated carbocycles. The zero-order valence-corrected chi connectivity index (χ0v) is 10.7. The Balaban J connectivity index is 2.03. The molecule has 0 aliphatic heterocycles. The molecule has 0 aliphatic carbocycles. The summed E-state index contributed by atoms with van der Waals surface area (Å²) in [4.78, 5) is 23.5. The molecular formula is C11H18N3O2S+. The summed E-state index contributed by atoms with van der Waals surface area (Å²) in [7, 11) is 1.58. The molecule has 0 radical (unpaired) electrons. The van der Waals surface area contributed by atoms with Gasteiger partial charge in [-0.25, -0.2) is 0 Å². The number of carbonyl (C=O) groups is 2. The first-order chi connectivity index (χ1) is 8.22. The van der Waals surface area contributed by atoms with E-state index >= 15 is 0 Å². The van der Waals surface area contributed by atoms with Crippen molar-refractivity contribution in [2.24, 2.45) is 0 Å². The third-order valence-corrected chi connectivity index (χ3v) is 3.15. The van der Waals surface area contributed by atoms with Gasteiger partial charge < -0.3 is 16.0 Å². The molecule has 1 aromatic heterocycles. The number of hydrogen-bond donors (Lipinski definition) is 3. The average Bonchev–Trinajstić information content (AvgIpc) is 2.82. The molecule has 0 spiro atoms. The number of thiophene rings is 1. The van der Waals surface area contributed by atoms with Crippen LogP contribution in [0.5, 0.6) is 0 Å². The van der Waals surface area contributed by atoms with E-state index < -0.39 is 0 Å². The van der Waals surface area contributed by atoms with Crippen LogP contribution in [0.1, 0.15) is 4.88 Å². The predicted octanol–water partition coefficient (Wildman–Crippen LogP) is -1.28. The molecule has 0 atom stereocenters. The van der Waals surface area contributed by atoms with Crippen LogP contribution in [0.4, 0.5) is 0 Å². The van der Waals surface area contributed by atoms with E-state index in [0.29, 0.717) is 6.54 Å². The van der Waals surface area contributed by atoms with E-state index in [1.165, 1.54) is 4.88 Å². The smallest absolute Gasteiger partial charge is 0.275 e. The topological polar surface area (TPSA) is 74.8 Å². The molecule has 0 unspecified atom stereocenters. The average molecular weight is 256 g/mol. The van der Waals surface area contributed by atoms with Crippen molar-refractivity contribution >= 4 is 23.2 Å². The number of rotatable bonds is 7. The van der Waals surface area contributed by atoms with E-state index in [4.69, 9.17) is 0 Å². The fraction of sp³-hybridized carbons (Fsp3) is 0.455. The second-order valence-electron chi connectivity index (χ2n) is 3.55. The Morgan fingerprint density at radius 3 is 2.76 bits per heavy atom. The van der Waals surface area contributed by atoms with Crippen molar-refractivity contribution in [3.8, 4) is 0 Å². The van der Waals surface area contributed by atoms with E-state index in [1.54, 1.807) is 23.7 Å². The van der Waals surface area contributed by atoms with Gasteiger partial charge in [-0.1, -0.05) is 6.07 Å². The Morgan fingerprint density at radius 2 is 2.12 bits per heavy atom. The van der Waals surface area contributed by atoms with Crippen LogP contribution >= 0.6 is 11.3 Å². The summed E-state index contributed by atoms with van der Waals surface area (Å²) < 4.78 is 0. The first-order valence-electron chi connectivity index (χ1n) is 5.53. The quantitative estimate of drug-likeness (QED) is 0.568. The third-order valence-electron chi connectivity index (χ3n) is 2.21. The Kier molecular flexibility index (Phi) is 6.27. The van der Waals surface area contributed by atoms with Crippen LogP contribution in [-0.2, 0) is 16.0 Å². The van der Waals surface area contributed by atoms with E-state index in [-0.39, 0.29) is 24.9 Å². The van der Waals surface area contributed by atoms with Crippen molar-refractivity contribution in [3.63, 3.8) is 0 Å². The van der Waals surface area contributed by atoms with Crippen LogP contribution in [0.3, 0.4) is 0 Å². The number of quaternary nitrogens is 1. The zero-order valence-electron chi connectivity index (χ0n) is 9.86. The maximum Gasteiger partial charge on any atom is 0.275 e. The normalized spacial score (nSPS) is 9.94. The minimum absolute atomic E-state index is 0.0366. The number of amides is 2. The van der Waals surface area contributed by atoms with Crippen molar-refractivity contribution < 1.29 is 14.9 Å². The number of hydrogen-bond acceptors (Lipinski definition) is 3. The molecule has 4 N–H and O–H groups in total. The molecule has 1 aromatic rings. The summed E-state index contributed by atoms with van der Waals surface area (Å²) in [6.45, 7) is 1.22. The summed E-state index contributed by atoms with van der Waals surface area (Å²) in [6.07, 6.45) is 0.860. The van der Waals surface area contributed by atoms with Gasteiger partial charge in [0.15, 0.2) is 13.1 Å². The van der Waals surface area contributed by atoms with Gasteiger partial charge in [0.1, 0.15) is 0 Å². The molecule has 0 fully saturated rings. The summed E-state index contributed by atoms with van der Waals surface area (Å²) >= 11 is 1.69. The lowest BCUT2D eigenvalue weighted by Gasteiger charge is -2.03. The van der Waals surface area contributed by atoms with Gasteiger partial charge in [-0.3, -0.25) is 9.59 Å². The molecule has 0 aromatic carbocycles. The van der Waals surface area contributed by atoms with Crippen molar-refractivity contribution in [3.05, 3.63) is 22.4 Å². The van der Waals surface area contributed by atoms with E-state index in [9.17, 15) is 9.59 Å². The van der Waals surface area contributed by atoms with Gasteiger partial charge >= 0.3 is 0 Å². The van der Waals surface area contributed by atoms with Crippen molar-refractivity contribution in [2.75, 3.05) is 26.7 Å². The Hall–Kier alpha value is -1.40. The van der Waals surface area contributed by atoms with Gasteiger partial charge in [0.25, 0.3) is 11.8 Å². The number of carbonyl (C=O) groups excluding carboxylic acids is 2. The molecule has 1 rings (SSSR count). The molecule has 0 saturated heterocycles. The number of nitrogens with one attached hydrogen (secondary N) is 2. The van der Waals surface area contributed by atoms with Gasteiger partial charge in [0, 0.05) is 18.5 Å². The van der Waals surface area contributed by atoms with Gasteiger partial charge in [-0.05, 0) is 17.9 Å². The maximum absolute atomic E-state index is 11.4. The van der Waals surface area contributed by atoms with Crippen LogP contribution < -0.4 is 16.0 Å². The minimum Gasteiger partial charge on any atom is -0.354 e. The van der Waals surface area contributed by atoms with Gasteiger partial charge in [0.05, 0.1) is 0 Å². The van der Waals surface area contributed by atoms with Gasteiger partial charge in [0.2, 0.25) is 0 Å². The summed E-state index contributed by atoms with van der Waals surface area (Å²) in [5, 5.41) is 9.02. The number of nitrogens with two attached hydrogens (primary N) is 1. The second kappa shape index (κ2) is 7.81. The summed E-state index contributed by atoms with van der Waals surface area (Å²) in [5.41, 5.74) is 0. The number of likely N-dealkylation sites (N-methyl/N-ethyl adjacent to an activating group) is 1. The van der Waals surface area contributed by atoms with Gasteiger partial charge in [-0.2, -0.15) is 0 Å². The largest absolute Gasteiger partial charge is 0.354 e. The van der Waals surface area contributed by atoms with Crippen molar-refractivity contribution in [1.29, 1.82) is 0 Å². The van der Waals surface area contributed by atoms with Crippen molar-refractivity contribution in [2.45, 2.75) is 6.42 Å². The highest BCUT2D eigenvalue weighted by molar-refractivity contribution is 7.09. The fourth-order valence-electron chi connectivity index (χ4n) is 1.29. The lowest BCUT2D eigenvalue weighted by molar-refractivity contribution is -0.633. The van der Waals surface area contributed by atoms with Crippen LogP contribution in [-0.4, -0.2) is 38.5 Å². The van der Waals surface area contributed by atoms with E-state index in [0.717, 1.165) is 6.42 Å². The van der Waals surface area contributed by atoms with Crippen LogP contribution in [0.25, 0.3) is 0 Å².